The van der Waals surface area contributed by atoms with Gasteiger partial charge in [-0.05, 0) is 72.9 Å². The molecule has 1 atom stereocenters. The summed E-state index contributed by atoms with van der Waals surface area (Å²) in [5, 5.41) is 12.5. The SMILES string of the molecule is CC(C)(C)OC(=O)NCCN(C(=O)c1ccc(-c2ccc(OC(F)(F)F)cc2)cc1)C(CC(=O)O)c1ccc(-c2ccccc2)cc1. The molecule has 0 heterocycles. The lowest BCUT2D eigenvalue weighted by molar-refractivity contribution is -0.274. The molecule has 2 amide bonds. The van der Waals surface area contributed by atoms with E-state index in [1.54, 1.807) is 57.2 Å². The van der Waals surface area contributed by atoms with E-state index in [2.05, 4.69) is 10.1 Å². The van der Waals surface area contributed by atoms with Crippen LogP contribution in [-0.2, 0) is 9.53 Å². The fourth-order valence-corrected chi connectivity index (χ4v) is 4.91. The lowest BCUT2D eigenvalue weighted by Crippen LogP contribution is -2.42. The largest absolute Gasteiger partial charge is 0.573 e. The van der Waals surface area contributed by atoms with Crippen LogP contribution >= 0.6 is 0 Å². The Kier molecular flexibility index (Phi) is 10.9. The number of nitrogens with zero attached hydrogens (tertiary/aromatic N) is 1. The number of nitrogens with one attached hydrogen (secondary N) is 1. The molecule has 0 saturated heterocycles. The number of rotatable bonds is 11. The van der Waals surface area contributed by atoms with Crippen molar-refractivity contribution in [3.05, 3.63) is 114 Å². The summed E-state index contributed by atoms with van der Waals surface area (Å²) >= 11 is 0. The van der Waals surface area contributed by atoms with Crippen LogP contribution in [0.15, 0.2) is 103 Å². The summed E-state index contributed by atoms with van der Waals surface area (Å²) < 4.78 is 46.8. The second-order valence-corrected chi connectivity index (χ2v) is 11.7. The summed E-state index contributed by atoms with van der Waals surface area (Å²) in [4.78, 5) is 39.8. The second-order valence-electron chi connectivity index (χ2n) is 11.7. The van der Waals surface area contributed by atoms with Crippen molar-refractivity contribution in [3.8, 4) is 28.0 Å². The highest BCUT2D eigenvalue weighted by Crippen LogP contribution is 2.30. The van der Waals surface area contributed by atoms with Crippen molar-refractivity contribution in [1.82, 2.24) is 10.2 Å². The van der Waals surface area contributed by atoms with Crippen LogP contribution in [0.1, 0.15) is 49.2 Å². The van der Waals surface area contributed by atoms with Gasteiger partial charge >= 0.3 is 18.4 Å². The van der Waals surface area contributed by atoms with Crippen LogP contribution in [0.4, 0.5) is 18.0 Å². The van der Waals surface area contributed by atoms with Gasteiger partial charge in [0.05, 0.1) is 12.5 Å². The van der Waals surface area contributed by atoms with Crippen LogP contribution in [0.3, 0.4) is 0 Å². The van der Waals surface area contributed by atoms with Crippen LogP contribution < -0.4 is 10.1 Å². The van der Waals surface area contributed by atoms with Crippen LogP contribution in [0, 0.1) is 0 Å². The summed E-state index contributed by atoms with van der Waals surface area (Å²) in [5.41, 5.74) is 3.23. The first-order chi connectivity index (χ1) is 22.2. The van der Waals surface area contributed by atoms with E-state index in [4.69, 9.17) is 4.74 Å². The van der Waals surface area contributed by atoms with Crippen LogP contribution in [0.5, 0.6) is 5.75 Å². The highest BCUT2D eigenvalue weighted by atomic mass is 19.4. The first-order valence-corrected chi connectivity index (χ1v) is 14.8. The number of carbonyl (C=O) groups excluding carboxylic acids is 2. The molecule has 0 aromatic heterocycles. The van der Waals surface area contributed by atoms with Crippen LogP contribution in [-0.4, -0.2) is 53.0 Å². The molecule has 47 heavy (non-hydrogen) atoms. The van der Waals surface area contributed by atoms with Gasteiger partial charge in [-0.1, -0.05) is 78.9 Å². The van der Waals surface area contributed by atoms with Crippen molar-refractivity contribution >= 4 is 18.0 Å². The number of carboxylic acid groups (broad SMARTS) is 1. The Balaban J connectivity index is 1.61. The van der Waals surface area contributed by atoms with Gasteiger partial charge in [0.15, 0.2) is 0 Å². The molecule has 4 rings (SSSR count). The van der Waals surface area contributed by atoms with Crippen molar-refractivity contribution in [2.45, 2.75) is 45.2 Å². The average Bonchev–Trinajstić information content (AvgIpc) is 3.01. The Morgan fingerprint density at radius 3 is 1.79 bits per heavy atom. The molecule has 4 aromatic rings. The lowest BCUT2D eigenvalue weighted by atomic mass is 9.97. The van der Waals surface area contributed by atoms with Crippen molar-refractivity contribution in [3.63, 3.8) is 0 Å². The van der Waals surface area contributed by atoms with E-state index in [0.29, 0.717) is 16.7 Å². The number of ether oxygens (including phenoxy) is 2. The van der Waals surface area contributed by atoms with Crippen LogP contribution in [0.25, 0.3) is 22.3 Å². The molecular formula is C36H35F3N2O6. The Morgan fingerprint density at radius 2 is 1.28 bits per heavy atom. The third-order valence-corrected chi connectivity index (χ3v) is 6.98. The number of carbonyl (C=O) groups is 3. The van der Waals surface area contributed by atoms with E-state index in [0.717, 1.165) is 11.1 Å². The fourth-order valence-electron chi connectivity index (χ4n) is 4.91. The molecule has 0 saturated carbocycles. The molecule has 0 aliphatic carbocycles. The van der Waals surface area contributed by atoms with Gasteiger partial charge in [-0.2, -0.15) is 0 Å². The van der Waals surface area contributed by atoms with E-state index in [1.165, 1.54) is 29.2 Å². The predicted molar refractivity (Wildman–Crippen MR) is 171 cm³/mol. The number of aliphatic carboxylic acids is 1. The van der Waals surface area contributed by atoms with Gasteiger partial charge in [0.25, 0.3) is 5.91 Å². The van der Waals surface area contributed by atoms with Gasteiger partial charge in [-0.25, -0.2) is 4.79 Å². The topological polar surface area (TPSA) is 105 Å². The standard InChI is InChI=1S/C36H35F3N2O6/c1-35(2,3)47-34(45)40-21-22-41(31(23-32(42)43)28-13-9-25(10-14-28)24-7-5-4-6-8-24)33(44)29-15-11-26(12-16-29)27-17-19-30(20-18-27)46-36(37,38)39/h4-20,31H,21-23H2,1-3H3,(H,40,45)(H,42,43). The number of benzene rings is 4. The summed E-state index contributed by atoms with van der Waals surface area (Å²) in [6, 6.07) is 27.8. The Hall–Kier alpha value is -5.32. The van der Waals surface area contributed by atoms with E-state index < -0.39 is 42.4 Å². The van der Waals surface area contributed by atoms with Gasteiger partial charge in [0.2, 0.25) is 0 Å². The minimum absolute atomic E-state index is 0.0106. The number of halogens is 3. The second kappa shape index (κ2) is 14.8. The fraction of sp³-hybridized carbons (Fsp3) is 0.250. The molecule has 11 heteroatoms. The van der Waals surface area contributed by atoms with Crippen molar-refractivity contribution in [2.24, 2.45) is 0 Å². The lowest BCUT2D eigenvalue weighted by Gasteiger charge is -2.32. The highest BCUT2D eigenvalue weighted by molar-refractivity contribution is 5.95. The molecule has 0 radical (unpaired) electrons. The molecule has 1 unspecified atom stereocenters. The number of amides is 2. The van der Waals surface area contributed by atoms with Gasteiger partial charge < -0.3 is 24.8 Å². The van der Waals surface area contributed by atoms with Gasteiger partial charge in [-0.3, -0.25) is 9.59 Å². The summed E-state index contributed by atoms with van der Waals surface area (Å²) in [6.45, 7) is 5.12. The maximum atomic E-state index is 14.0. The number of alkyl carbamates (subject to hydrolysis) is 1. The first kappa shape index (κ1) is 34.6. The molecule has 0 spiro atoms. The zero-order chi connectivity index (χ0) is 34.2. The van der Waals surface area contributed by atoms with Gasteiger partial charge in [0.1, 0.15) is 11.4 Å². The van der Waals surface area contributed by atoms with Crippen molar-refractivity contribution in [1.29, 1.82) is 0 Å². The minimum atomic E-state index is -4.81. The number of alkyl halides is 3. The third kappa shape index (κ3) is 10.4. The molecule has 0 aliphatic heterocycles. The van der Waals surface area contributed by atoms with Crippen LogP contribution in [0.2, 0.25) is 0 Å². The Bertz CT molecular complexity index is 1650. The maximum absolute atomic E-state index is 14.0. The molecule has 2 N–H and O–H groups in total. The molecule has 8 nitrogen and oxygen atoms in total. The van der Waals surface area contributed by atoms with E-state index in [-0.39, 0.29) is 24.4 Å². The molecular weight excluding hydrogens is 613 g/mol. The third-order valence-electron chi connectivity index (χ3n) is 6.98. The van der Waals surface area contributed by atoms with E-state index in [1.807, 2.05) is 42.5 Å². The quantitative estimate of drug-likeness (QED) is 0.170. The number of hydrogen-bond acceptors (Lipinski definition) is 5. The molecule has 4 aromatic carbocycles. The van der Waals surface area contributed by atoms with Gasteiger partial charge in [0, 0.05) is 18.7 Å². The summed E-state index contributed by atoms with van der Waals surface area (Å²) in [5.74, 6) is -1.95. The van der Waals surface area contributed by atoms with Crippen molar-refractivity contribution in [2.75, 3.05) is 13.1 Å². The average molecular weight is 649 g/mol. The van der Waals surface area contributed by atoms with Gasteiger partial charge in [-0.15, -0.1) is 13.2 Å². The molecule has 0 bridgehead atoms. The number of carboxylic acids is 1. The number of hydrogen-bond donors (Lipinski definition) is 2. The summed E-state index contributed by atoms with van der Waals surface area (Å²) in [7, 11) is 0. The first-order valence-electron chi connectivity index (χ1n) is 14.8. The predicted octanol–water partition coefficient (Wildman–Crippen LogP) is 8.10. The van der Waals surface area contributed by atoms with E-state index >= 15 is 0 Å². The Labute approximate surface area is 270 Å². The monoisotopic (exact) mass is 648 g/mol. The highest BCUT2D eigenvalue weighted by Gasteiger charge is 2.31. The Morgan fingerprint density at radius 1 is 0.766 bits per heavy atom. The zero-order valence-electron chi connectivity index (χ0n) is 26.1. The molecule has 0 fully saturated rings. The normalized spacial score (nSPS) is 12.1. The molecule has 246 valence electrons. The van der Waals surface area contributed by atoms with Crippen molar-refractivity contribution < 1.29 is 42.1 Å². The maximum Gasteiger partial charge on any atom is 0.573 e. The molecule has 0 aliphatic rings. The smallest absolute Gasteiger partial charge is 0.481 e. The van der Waals surface area contributed by atoms with E-state index in [9.17, 15) is 32.7 Å². The minimum Gasteiger partial charge on any atom is -0.481 e. The zero-order valence-corrected chi connectivity index (χ0v) is 26.1. The summed E-state index contributed by atoms with van der Waals surface area (Å²) in [6.07, 6.45) is -5.88.